The van der Waals surface area contributed by atoms with Crippen molar-refractivity contribution in [3.8, 4) is 44.7 Å². The number of rotatable bonds is 7. The van der Waals surface area contributed by atoms with Gasteiger partial charge in [0.25, 0.3) is 0 Å². The normalized spacial score (nSPS) is 11.4. The zero-order valence-corrected chi connectivity index (χ0v) is 31.7. The second-order valence-electron chi connectivity index (χ2n) is 14.9. The average molecular weight is 740 g/mol. The first-order chi connectivity index (χ1) is 28.7. The first-order valence-electron chi connectivity index (χ1n) is 19.8. The summed E-state index contributed by atoms with van der Waals surface area (Å²) in [5, 5.41) is 8.62. The highest BCUT2D eigenvalue weighted by Gasteiger charge is 2.16. The maximum atomic E-state index is 6.28. The fourth-order valence-electron chi connectivity index (χ4n) is 8.56. The molecule has 10 aromatic carbocycles. The highest BCUT2D eigenvalue weighted by molar-refractivity contribution is 6.13. The third-order valence-corrected chi connectivity index (χ3v) is 11.5. The molecule has 0 bridgehead atoms. The van der Waals surface area contributed by atoms with Gasteiger partial charge in [0.15, 0.2) is 0 Å². The molecule has 0 spiro atoms. The van der Waals surface area contributed by atoms with Crippen molar-refractivity contribution in [2.45, 2.75) is 0 Å². The van der Waals surface area contributed by atoms with Crippen molar-refractivity contribution in [1.82, 2.24) is 0 Å². The maximum absolute atomic E-state index is 6.28. The largest absolute Gasteiger partial charge is 0.456 e. The molecule has 58 heavy (non-hydrogen) atoms. The van der Waals surface area contributed by atoms with Crippen molar-refractivity contribution in [3.05, 3.63) is 224 Å². The van der Waals surface area contributed by atoms with Crippen LogP contribution in [0.4, 0.5) is 17.1 Å². The van der Waals surface area contributed by atoms with Crippen LogP contribution in [0.25, 0.3) is 88.0 Å². The summed E-state index contributed by atoms with van der Waals surface area (Å²) in [6, 6.07) is 80.7. The second-order valence-corrected chi connectivity index (χ2v) is 14.9. The van der Waals surface area contributed by atoms with E-state index in [9.17, 15) is 0 Å². The molecule has 272 valence electrons. The van der Waals surface area contributed by atoms with Crippen molar-refractivity contribution in [3.63, 3.8) is 0 Å². The Kier molecular flexibility index (Phi) is 8.19. The van der Waals surface area contributed by atoms with Crippen LogP contribution in [-0.2, 0) is 0 Å². The number of furan rings is 1. The topological polar surface area (TPSA) is 16.4 Å². The molecule has 0 radical (unpaired) electrons. The average Bonchev–Trinajstić information content (AvgIpc) is 3.74. The Hall–Kier alpha value is -7.68. The van der Waals surface area contributed by atoms with Gasteiger partial charge < -0.3 is 9.32 Å². The van der Waals surface area contributed by atoms with E-state index >= 15 is 0 Å². The van der Waals surface area contributed by atoms with E-state index in [1.165, 1.54) is 49.0 Å². The fourth-order valence-corrected chi connectivity index (χ4v) is 8.56. The summed E-state index contributed by atoms with van der Waals surface area (Å²) in [4.78, 5) is 2.36. The van der Waals surface area contributed by atoms with E-state index in [0.717, 1.165) is 56.0 Å². The van der Waals surface area contributed by atoms with Gasteiger partial charge in [-0.1, -0.05) is 170 Å². The Morgan fingerprint density at radius 3 is 1.50 bits per heavy atom. The Bertz CT molecular complexity index is 3230. The van der Waals surface area contributed by atoms with Crippen LogP contribution >= 0.6 is 0 Å². The number of para-hydroxylation sites is 1. The molecule has 0 atom stereocenters. The predicted octanol–water partition coefficient (Wildman–Crippen LogP) is 16.0. The molecule has 0 amide bonds. The molecular weight excluding hydrogens is 703 g/mol. The summed E-state index contributed by atoms with van der Waals surface area (Å²) in [5.74, 6) is 0.879. The minimum absolute atomic E-state index is 0.879. The molecule has 1 heterocycles. The van der Waals surface area contributed by atoms with E-state index in [2.05, 4.69) is 211 Å². The number of nitrogens with zero attached hydrogens (tertiary/aromatic N) is 1. The quantitative estimate of drug-likeness (QED) is 0.151. The molecule has 2 nitrogen and oxygen atoms in total. The molecule has 1 aromatic heterocycles. The van der Waals surface area contributed by atoms with Crippen LogP contribution in [-0.4, -0.2) is 0 Å². The lowest BCUT2D eigenvalue weighted by atomic mass is 9.93. The molecule has 0 aliphatic rings. The van der Waals surface area contributed by atoms with Gasteiger partial charge in [-0.2, -0.15) is 0 Å². The number of anilines is 3. The summed E-state index contributed by atoms with van der Waals surface area (Å²) in [7, 11) is 0. The van der Waals surface area contributed by atoms with E-state index in [0.29, 0.717) is 0 Å². The lowest BCUT2D eigenvalue weighted by molar-refractivity contribution is 0.632. The highest BCUT2D eigenvalue weighted by Crippen LogP contribution is 2.41. The molecule has 2 heteroatoms. The van der Waals surface area contributed by atoms with Gasteiger partial charge in [-0.25, -0.2) is 0 Å². The first-order valence-corrected chi connectivity index (χ1v) is 19.8. The minimum Gasteiger partial charge on any atom is -0.456 e. The summed E-state index contributed by atoms with van der Waals surface area (Å²) < 4.78 is 6.28. The second kappa shape index (κ2) is 14.1. The van der Waals surface area contributed by atoms with E-state index in [4.69, 9.17) is 4.42 Å². The van der Waals surface area contributed by atoms with Gasteiger partial charge >= 0.3 is 0 Å². The molecular formula is C56H37NO. The first kappa shape index (κ1) is 33.6. The van der Waals surface area contributed by atoms with Crippen LogP contribution in [0.3, 0.4) is 0 Å². The zero-order chi connectivity index (χ0) is 38.4. The van der Waals surface area contributed by atoms with E-state index in [1.807, 2.05) is 18.2 Å². The Balaban J connectivity index is 0.938. The maximum Gasteiger partial charge on any atom is 0.136 e. The van der Waals surface area contributed by atoms with E-state index < -0.39 is 0 Å². The van der Waals surface area contributed by atoms with Crippen molar-refractivity contribution < 1.29 is 4.42 Å². The van der Waals surface area contributed by atoms with Crippen LogP contribution in [0, 0.1) is 0 Å². The molecule has 0 aliphatic heterocycles. The zero-order valence-electron chi connectivity index (χ0n) is 31.7. The highest BCUT2D eigenvalue weighted by atomic mass is 16.3. The van der Waals surface area contributed by atoms with Gasteiger partial charge in [0, 0.05) is 28.0 Å². The number of hydrogen-bond acceptors (Lipinski definition) is 2. The smallest absolute Gasteiger partial charge is 0.136 e. The van der Waals surface area contributed by atoms with Crippen LogP contribution in [0.15, 0.2) is 229 Å². The molecule has 0 saturated heterocycles. The molecule has 11 rings (SSSR count). The van der Waals surface area contributed by atoms with Gasteiger partial charge in [0.2, 0.25) is 0 Å². The van der Waals surface area contributed by atoms with Gasteiger partial charge in [-0.15, -0.1) is 0 Å². The van der Waals surface area contributed by atoms with Crippen molar-refractivity contribution in [1.29, 1.82) is 0 Å². The molecule has 0 unspecified atom stereocenters. The molecule has 0 saturated carbocycles. The third kappa shape index (κ3) is 6.00. The van der Waals surface area contributed by atoms with Gasteiger partial charge in [0.1, 0.15) is 11.3 Å². The van der Waals surface area contributed by atoms with Gasteiger partial charge in [0.05, 0.1) is 0 Å². The van der Waals surface area contributed by atoms with Crippen LogP contribution in [0.2, 0.25) is 0 Å². The SMILES string of the molecule is c1ccc(-c2cc3ccccc3o2)c(-c2ccc(-c3ccc(N(c4ccc(-c5cc6ccccc6c6ccccc56)cc4)c4ccc5ccccc5c4)cc3)cc2)c1. The molecule has 0 fully saturated rings. The minimum atomic E-state index is 0.879. The lowest BCUT2D eigenvalue weighted by Crippen LogP contribution is -2.09. The summed E-state index contributed by atoms with van der Waals surface area (Å²) >= 11 is 0. The third-order valence-electron chi connectivity index (χ3n) is 11.5. The molecule has 0 N–H and O–H groups in total. The summed E-state index contributed by atoms with van der Waals surface area (Å²) in [6.45, 7) is 0. The van der Waals surface area contributed by atoms with Crippen molar-refractivity contribution in [2.75, 3.05) is 4.90 Å². The lowest BCUT2D eigenvalue weighted by Gasteiger charge is -2.26. The van der Waals surface area contributed by atoms with Gasteiger partial charge in [-0.3, -0.25) is 0 Å². The summed E-state index contributed by atoms with van der Waals surface area (Å²) in [6.07, 6.45) is 0. The Morgan fingerprint density at radius 2 is 0.776 bits per heavy atom. The standard InChI is InChI=1S/C56H37NO/c1-2-12-43-35-48(34-27-38(43)11-1)57(47-32-28-42(29-33-47)54-36-44-13-3-5-16-50(44)51-17-7-8-18-52(51)54)46-30-25-40(26-31-46)39-21-23-41(24-22-39)49-15-6-9-19-53(49)56-37-45-14-4-10-20-55(45)58-56/h1-37H. The van der Waals surface area contributed by atoms with E-state index in [1.54, 1.807) is 0 Å². The Morgan fingerprint density at radius 1 is 0.276 bits per heavy atom. The van der Waals surface area contributed by atoms with Crippen LogP contribution < -0.4 is 4.90 Å². The number of hydrogen-bond donors (Lipinski definition) is 0. The molecule has 11 aromatic rings. The van der Waals surface area contributed by atoms with Crippen LogP contribution in [0.1, 0.15) is 0 Å². The summed E-state index contributed by atoms with van der Waals surface area (Å²) in [5.41, 5.74) is 12.4. The Labute approximate surface area is 337 Å². The monoisotopic (exact) mass is 739 g/mol. The fraction of sp³-hybridized carbons (Fsp3) is 0. The van der Waals surface area contributed by atoms with Crippen LogP contribution in [0.5, 0.6) is 0 Å². The van der Waals surface area contributed by atoms with E-state index in [-0.39, 0.29) is 0 Å². The predicted molar refractivity (Wildman–Crippen MR) is 245 cm³/mol. The van der Waals surface area contributed by atoms with Gasteiger partial charge in [-0.05, 0) is 120 Å². The number of benzene rings is 10. The van der Waals surface area contributed by atoms with Crippen molar-refractivity contribution >= 4 is 60.3 Å². The number of fused-ring (bicyclic) bond motifs is 5. The van der Waals surface area contributed by atoms with Crippen molar-refractivity contribution in [2.24, 2.45) is 0 Å². The molecule has 0 aliphatic carbocycles.